The summed E-state index contributed by atoms with van der Waals surface area (Å²) >= 11 is 0. The first-order valence-electron chi connectivity index (χ1n) is 4.90. The van der Waals surface area contributed by atoms with E-state index in [0.717, 1.165) is 0 Å². The van der Waals surface area contributed by atoms with Crippen molar-refractivity contribution in [1.29, 1.82) is 0 Å². The van der Waals surface area contributed by atoms with Crippen LogP contribution in [0.2, 0.25) is 0 Å². The molecule has 0 saturated heterocycles. The zero-order chi connectivity index (χ0) is 12.2. The summed E-state index contributed by atoms with van der Waals surface area (Å²) in [5.41, 5.74) is 8.20. The van der Waals surface area contributed by atoms with Gasteiger partial charge in [-0.05, 0) is 23.1 Å². The molecular weight excluding hydrogens is 209 g/mol. The minimum atomic E-state index is -0.579. The molecule has 4 nitrogen and oxygen atoms in total. The molecule has 1 aromatic carbocycles. The third-order valence-electron chi connectivity index (χ3n) is 1.76. The van der Waals surface area contributed by atoms with Gasteiger partial charge in [-0.3, -0.25) is 0 Å². The Morgan fingerprint density at radius 2 is 2.12 bits per heavy atom. The predicted octanol–water partition coefficient (Wildman–Crippen LogP) is 4.19. The van der Waals surface area contributed by atoms with Crippen molar-refractivity contribution in [2.45, 2.75) is 20.8 Å². The standard InChI is InChI=1S/C11H14FN3O/c1-11(2,3)7-16-9-6-4-5-8(12)10(9)14-15-13/h4-6H,7H2,1-3H3. The quantitative estimate of drug-likeness (QED) is 0.430. The first kappa shape index (κ1) is 12.3. The van der Waals surface area contributed by atoms with E-state index in [1.807, 2.05) is 20.8 Å². The maximum Gasteiger partial charge on any atom is 0.136 e. The molecule has 0 N–H and O–H groups in total. The van der Waals surface area contributed by atoms with Crippen LogP contribution in [0.25, 0.3) is 10.4 Å². The van der Waals surface area contributed by atoms with Gasteiger partial charge in [0.15, 0.2) is 0 Å². The summed E-state index contributed by atoms with van der Waals surface area (Å²) in [5, 5.41) is 3.29. The van der Waals surface area contributed by atoms with Crippen molar-refractivity contribution in [3.8, 4) is 5.75 Å². The number of rotatable bonds is 3. The maximum absolute atomic E-state index is 13.3. The fourth-order valence-corrected chi connectivity index (χ4v) is 1.05. The van der Waals surface area contributed by atoms with E-state index in [2.05, 4.69) is 10.0 Å². The van der Waals surface area contributed by atoms with Crippen molar-refractivity contribution in [1.82, 2.24) is 0 Å². The van der Waals surface area contributed by atoms with Gasteiger partial charge >= 0.3 is 0 Å². The van der Waals surface area contributed by atoms with E-state index in [4.69, 9.17) is 10.3 Å². The monoisotopic (exact) mass is 223 g/mol. The average molecular weight is 223 g/mol. The van der Waals surface area contributed by atoms with Crippen LogP contribution in [0.4, 0.5) is 10.1 Å². The lowest BCUT2D eigenvalue weighted by Gasteiger charge is -2.19. The van der Waals surface area contributed by atoms with Crippen molar-refractivity contribution >= 4 is 5.69 Å². The number of ether oxygens (including phenoxy) is 1. The van der Waals surface area contributed by atoms with Crippen molar-refractivity contribution in [3.63, 3.8) is 0 Å². The van der Waals surface area contributed by atoms with Crippen molar-refractivity contribution < 1.29 is 9.13 Å². The lowest BCUT2D eigenvalue weighted by Crippen LogP contribution is -2.16. The molecule has 0 saturated carbocycles. The van der Waals surface area contributed by atoms with Crippen LogP contribution in [0.1, 0.15) is 20.8 Å². The minimum Gasteiger partial charge on any atom is -0.492 e. The van der Waals surface area contributed by atoms with Crippen molar-refractivity contribution in [2.24, 2.45) is 10.5 Å². The largest absolute Gasteiger partial charge is 0.492 e. The lowest BCUT2D eigenvalue weighted by atomic mass is 9.99. The molecule has 0 aliphatic rings. The van der Waals surface area contributed by atoms with Gasteiger partial charge < -0.3 is 4.74 Å². The summed E-state index contributed by atoms with van der Waals surface area (Å²) in [7, 11) is 0. The molecule has 1 aromatic rings. The van der Waals surface area contributed by atoms with E-state index < -0.39 is 5.82 Å². The molecule has 0 aliphatic carbocycles. The first-order valence-corrected chi connectivity index (χ1v) is 4.90. The van der Waals surface area contributed by atoms with Gasteiger partial charge in [0, 0.05) is 4.91 Å². The fourth-order valence-electron chi connectivity index (χ4n) is 1.05. The van der Waals surface area contributed by atoms with Crippen molar-refractivity contribution in [3.05, 3.63) is 34.5 Å². The van der Waals surface area contributed by atoms with Gasteiger partial charge in [-0.25, -0.2) is 4.39 Å². The Bertz CT molecular complexity index is 420. The van der Waals surface area contributed by atoms with Gasteiger partial charge in [-0.1, -0.05) is 32.0 Å². The molecule has 0 amide bonds. The highest BCUT2D eigenvalue weighted by atomic mass is 19.1. The third-order valence-corrected chi connectivity index (χ3v) is 1.76. The van der Waals surface area contributed by atoms with Gasteiger partial charge in [0.05, 0.1) is 6.61 Å². The van der Waals surface area contributed by atoms with E-state index in [9.17, 15) is 4.39 Å². The van der Waals surface area contributed by atoms with Crippen LogP contribution in [-0.2, 0) is 0 Å². The highest BCUT2D eigenvalue weighted by Crippen LogP contribution is 2.31. The number of azide groups is 1. The van der Waals surface area contributed by atoms with E-state index in [1.54, 1.807) is 6.07 Å². The van der Waals surface area contributed by atoms with Gasteiger partial charge in [0.2, 0.25) is 0 Å². The zero-order valence-corrected chi connectivity index (χ0v) is 9.57. The summed E-state index contributed by atoms with van der Waals surface area (Å²) in [6.45, 7) is 6.42. The number of nitrogens with zero attached hydrogens (tertiary/aromatic N) is 3. The van der Waals surface area contributed by atoms with Crippen LogP contribution >= 0.6 is 0 Å². The molecule has 0 aliphatic heterocycles. The average Bonchev–Trinajstić information content (AvgIpc) is 2.18. The number of benzene rings is 1. The van der Waals surface area contributed by atoms with E-state index in [-0.39, 0.29) is 16.9 Å². The highest BCUT2D eigenvalue weighted by molar-refractivity contribution is 5.52. The Kier molecular flexibility index (Phi) is 3.74. The Balaban J connectivity index is 2.95. The molecule has 5 heteroatoms. The second-order valence-corrected chi connectivity index (χ2v) is 4.63. The lowest BCUT2D eigenvalue weighted by molar-refractivity contribution is 0.198. The van der Waals surface area contributed by atoms with Gasteiger partial charge in [-0.2, -0.15) is 0 Å². The topological polar surface area (TPSA) is 58.0 Å². The molecule has 0 heterocycles. The Labute approximate surface area is 93.7 Å². The number of hydrogen-bond acceptors (Lipinski definition) is 2. The molecule has 0 spiro atoms. The first-order chi connectivity index (χ1) is 7.44. The maximum atomic E-state index is 13.3. The highest BCUT2D eigenvalue weighted by Gasteiger charge is 2.14. The van der Waals surface area contributed by atoms with Crippen LogP contribution in [0.3, 0.4) is 0 Å². The molecule has 16 heavy (non-hydrogen) atoms. The Hall–Kier alpha value is -1.74. The van der Waals surface area contributed by atoms with Gasteiger partial charge in [-0.15, -0.1) is 0 Å². The minimum absolute atomic E-state index is 0.0417. The van der Waals surface area contributed by atoms with Crippen LogP contribution in [0.15, 0.2) is 23.3 Å². The van der Waals surface area contributed by atoms with Gasteiger partial charge in [0.1, 0.15) is 17.3 Å². The number of halogens is 1. The number of hydrogen-bond donors (Lipinski definition) is 0. The fraction of sp³-hybridized carbons (Fsp3) is 0.455. The summed E-state index contributed by atoms with van der Waals surface area (Å²) in [4.78, 5) is 2.58. The van der Waals surface area contributed by atoms with E-state index in [1.165, 1.54) is 12.1 Å². The molecule has 0 unspecified atom stereocenters. The third kappa shape index (κ3) is 3.44. The summed E-state index contributed by atoms with van der Waals surface area (Å²) in [6, 6.07) is 4.33. The molecule has 1 rings (SSSR count). The molecule has 0 fully saturated rings. The molecule has 0 aromatic heterocycles. The molecule has 86 valence electrons. The molecule has 0 radical (unpaired) electrons. The molecule has 0 atom stereocenters. The summed E-state index contributed by atoms with van der Waals surface area (Å²) in [5.74, 6) is -0.308. The molecule has 0 bridgehead atoms. The zero-order valence-electron chi connectivity index (χ0n) is 9.57. The van der Waals surface area contributed by atoms with E-state index >= 15 is 0 Å². The SMILES string of the molecule is CC(C)(C)COc1cccc(F)c1N=[N+]=[N-]. The smallest absolute Gasteiger partial charge is 0.136 e. The normalized spacial score (nSPS) is 10.8. The Morgan fingerprint density at radius 1 is 1.44 bits per heavy atom. The van der Waals surface area contributed by atoms with E-state index in [0.29, 0.717) is 6.61 Å². The van der Waals surface area contributed by atoms with Crippen LogP contribution < -0.4 is 4.74 Å². The molecular formula is C11H14FN3O. The van der Waals surface area contributed by atoms with Crippen LogP contribution in [0.5, 0.6) is 5.75 Å². The van der Waals surface area contributed by atoms with Crippen molar-refractivity contribution in [2.75, 3.05) is 6.61 Å². The van der Waals surface area contributed by atoms with Crippen LogP contribution in [0, 0.1) is 11.2 Å². The Morgan fingerprint density at radius 3 is 2.69 bits per heavy atom. The van der Waals surface area contributed by atoms with Gasteiger partial charge in [0.25, 0.3) is 0 Å². The second-order valence-electron chi connectivity index (χ2n) is 4.63. The predicted molar refractivity (Wildman–Crippen MR) is 60.2 cm³/mol. The van der Waals surface area contributed by atoms with Crippen LogP contribution in [-0.4, -0.2) is 6.61 Å². The summed E-state index contributed by atoms with van der Waals surface area (Å²) in [6.07, 6.45) is 0. The summed E-state index contributed by atoms with van der Waals surface area (Å²) < 4.78 is 18.7. The second kappa shape index (κ2) is 4.86.